The van der Waals surface area contributed by atoms with Crippen LogP contribution in [0.15, 0.2) is 60.7 Å². The van der Waals surface area contributed by atoms with Gasteiger partial charge < -0.3 is 9.47 Å². The summed E-state index contributed by atoms with van der Waals surface area (Å²) in [5, 5.41) is 2.14. The summed E-state index contributed by atoms with van der Waals surface area (Å²) in [6, 6.07) is 18.9. The van der Waals surface area contributed by atoms with E-state index in [4.69, 9.17) is 9.47 Å². The molecule has 112 valence electrons. The number of rotatable bonds is 5. The Hall–Kier alpha value is -2.66. The van der Waals surface area contributed by atoms with Crippen LogP contribution in [0.5, 0.6) is 0 Å². The Bertz CT molecular complexity index is 657. The van der Waals surface area contributed by atoms with Gasteiger partial charge in [-0.05, 0) is 11.1 Å². The van der Waals surface area contributed by atoms with E-state index in [1.807, 2.05) is 60.7 Å². The maximum absolute atomic E-state index is 11.9. The first-order valence-electron chi connectivity index (χ1n) is 6.96. The number of hydrogen-bond acceptors (Lipinski definition) is 4. The minimum absolute atomic E-state index is 0.321. The van der Waals surface area contributed by atoms with Crippen LogP contribution in [-0.2, 0) is 20.9 Å². The van der Waals surface area contributed by atoms with Gasteiger partial charge in [0.1, 0.15) is 6.10 Å². The fraction of sp³-hybridized carbons (Fsp3) is 0.176. The highest BCUT2D eigenvalue weighted by molar-refractivity contribution is 6.00. The number of cyclic esters (lactones) is 1. The van der Waals surface area contributed by atoms with E-state index in [9.17, 15) is 9.59 Å². The van der Waals surface area contributed by atoms with Crippen LogP contribution >= 0.6 is 0 Å². The molecule has 0 aromatic heterocycles. The van der Waals surface area contributed by atoms with E-state index < -0.39 is 24.2 Å². The van der Waals surface area contributed by atoms with Gasteiger partial charge in [0.15, 0.2) is 0 Å². The molecule has 5 heteroatoms. The highest BCUT2D eigenvalue weighted by atomic mass is 16.6. The minimum atomic E-state index is -0.974. The molecule has 2 amide bonds. The summed E-state index contributed by atoms with van der Waals surface area (Å²) in [5.74, 6) is -0.480. The summed E-state index contributed by atoms with van der Waals surface area (Å²) in [6.07, 6.45) is -2.36. The molecule has 1 N–H and O–H groups in total. The predicted molar refractivity (Wildman–Crippen MR) is 78.8 cm³/mol. The van der Waals surface area contributed by atoms with Gasteiger partial charge in [0, 0.05) is 0 Å². The predicted octanol–water partition coefficient (Wildman–Crippen LogP) is 2.58. The summed E-state index contributed by atoms with van der Waals surface area (Å²) in [5.41, 5.74) is 1.77. The van der Waals surface area contributed by atoms with E-state index in [-0.39, 0.29) is 0 Å². The molecule has 1 fully saturated rings. The van der Waals surface area contributed by atoms with Gasteiger partial charge in [0.2, 0.25) is 6.10 Å². The number of carbonyl (C=O) groups excluding carboxylic acids is 2. The SMILES string of the molecule is O=C1NC(=O)C(C(OCc2ccccc2)c2ccccc2)O1. The molecule has 2 aromatic carbocycles. The van der Waals surface area contributed by atoms with Crippen LogP contribution in [0.3, 0.4) is 0 Å². The Morgan fingerprint density at radius 1 is 1.00 bits per heavy atom. The van der Waals surface area contributed by atoms with Gasteiger partial charge >= 0.3 is 6.09 Å². The van der Waals surface area contributed by atoms with Crippen LogP contribution in [0, 0.1) is 0 Å². The number of amides is 2. The molecule has 0 aliphatic carbocycles. The van der Waals surface area contributed by atoms with Crippen LogP contribution < -0.4 is 5.32 Å². The lowest BCUT2D eigenvalue weighted by Gasteiger charge is -2.21. The van der Waals surface area contributed by atoms with Gasteiger partial charge in [-0.1, -0.05) is 60.7 Å². The monoisotopic (exact) mass is 297 g/mol. The number of hydrogen-bond donors (Lipinski definition) is 1. The van der Waals surface area contributed by atoms with Gasteiger partial charge in [-0.15, -0.1) is 0 Å². The van der Waals surface area contributed by atoms with E-state index in [0.717, 1.165) is 11.1 Å². The molecule has 0 radical (unpaired) electrons. The number of alkyl carbamates (subject to hydrolysis) is 1. The largest absolute Gasteiger partial charge is 0.433 e. The molecule has 1 aliphatic heterocycles. The van der Waals surface area contributed by atoms with Crippen molar-refractivity contribution in [1.29, 1.82) is 0 Å². The van der Waals surface area contributed by atoms with Crippen LogP contribution in [0.25, 0.3) is 0 Å². The van der Waals surface area contributed by atoms with Crippen LogP contribution in [0.1, 0.15) is 17.2 Å². The maximum Gasteiger partial charge on any atom is 0.414 e. The number of carbonyl (C=O) groups is 2. The molecular formula is C17H15NO4. The highest BCUT2D eigenvalue weighted by Gasteiger charge is 2.40. The number of nitrogens with one attached hydrogen (secondary N) is 1. The third kappa shape index (κ3) is 3.15. The molecule has 0 bridgehead atoms. The quantitative estimate of drug-likeness (QED) is 0.921. The van der Waals surface area contributed by atoms with Crippen molar-refractivity contribution in [3.8, 4) is 0 Å². The third-order valence-electron chi connectivity index (χ3n) is 3.39. The van der Waals surface area contributed by atoms with E-state index >= 15 is 0 Å². The standard InChI is InChI=1S/C17H15NO4/c19-16-15(22-17(20)18-16)14(13-9-5-2-6-10-13)21-11-12-7-3-1-4-8-12/h1-10,14-15H,11H2,(H,18,19,20). The molecular weight excluding hydrogens is 282 g/mol. The molecule has 1 saturated heterocycles. The average Bonchev–Trinajstić information content (AvgIpc) is 2.88. The fourth-order valence-corrected chi connectivity index (χ4v) is 2.33. The highest BCUT2D eigenvalue weighted by Crippen LogP contribution is 2.27. The van der Waals surface area contributed by atoms with Gasteiger partial charge in [0.05, 0.1) is 6.61 Å². The van der Waals surface area contributed by atoms with Gasteiger partial charge in [-0.2, -0.15) is 0 Å². The Kier molecular flexibility index (Phi) is 4.16. The first-order valence-corrected chi connectivity index (χ1v) is 6.96. The Morgan fingerprint density at radius 3 is 2.23 bits per heavy atom. The van der Waals surface area contributed by atoms with Crippen molar-refractivity contribution < 1.29 is 19.1 Å². The van der Waals surface area contributed by atoms with Crippen molar-refractivity contribution in [1.82, 2.24) is 5.32 Å². The minimum Gasteiger partial charge on any atom is -0.433 e. The summed E-state index contributed by atoms with van der Waals surface area (Å²) >= 11 is 0. The number of benzene rings is 2. The summed E-state index contributed by atoms with van der Waals surface area (Å²) in [7, 11) is 0. The normalized spacial score (nSPS) is 18.6. The molecule has 2 unspecified atom stereocenters. The molecule has 1 heterocycles. The number of imide groups is 1. The molecule has 0 spiro atoms. The second-order valence-corrected chi connectivity index (χ2v) is 4.94. The van der Waals surface area contributed by atoms with Crippen LogP contribution in [0.4, 0.5) is 4.79 Å². The fourth-order valence-electron chi connectivity index (χ4n) is 2.33. The third-order valence-corrected chi connectivity index (χ3v) is 3.39. The first kappa shape index (κ1) is 14.3. The van der Waals surface area contributed by atoms with Crippen molar-refractivity contribution in [2.24, 2.45) is 0 Å². The lowest BCUT2D eigenvalue weighted by Crippen LogP contribution is -2.31. The van der Waals surface area contributed by atoms with E-state index in [2.05, 4.69) is 5.32 Å². The lowest BCUT2D eigenvalue weighted by molar-refractivity contribution is -0.131. The molecule has 3 rings (SSSR count). The van der Waals surface area contributed by atoms with Crippen molar-refractivity contribution in [2.75, 3.05) is 0 Å². The van der Waals surface area contributed by atoms with Crippen molar-refractivity contribution in [3.63, 3.8) is 0 Å². The second-order valence-electron chi connectivity index (χ2n) is 4.94. The molecule has 2 atom stereocenters. The van der Waals surface area contributed by atoms with E-state index in [1.54, 1.807) is 0 Å². The number of ether oxygens (including phenoxy) is 2. The zero-order chi connectivity index (χ0) is 15.4. The van der Waals surface area contributed by atoms with E-state index in [1.165, 1.54) is 0 Å². The summed E-state index contributed by atoms with van der Waals surface area (Å²) in [4.78, 5) is 23.1. The van der Waals surface area contributed by atoms with Gasteiger partial charge in [-0.3, -0.25) is 10.1 Å². The molecule has 1 aliphatic rings. The Morgan fingerprint density at radius 2 is 1.64 bits per heavy atom. The van der Waals surface area contributed by atoms with Crippen LogP contribution in [0.2, 0.25) is 0 Å². The van der Waals surface area contributed by atoms with Gasteiger partial charge in [-0.25, -0.2) is 4.79 Å². The topological polar surface area (TPSA) is 64.6 Å². The van der Waals surface area contributed by atoms with Gasteiger partial charge in [0.25, 0.3) is 5.91 Å². The van der Waals surface area contributed by atoms with Crippen molar-refractivity contribution in [2.45, 2.75) is 18.8 Å². The first-order chi connectivity index (χ1) is 10.7. The molecule has 0 saturated carbocycles. The lowest BCUT2D eigenvalue weighted by atomic mass is 10.0. The second kappa shape index (κ2) is 6.41. The van der Waals surface area contributed by atoms with Crippen molar-refractivity contribution in [3.05, 3.63) is 71.8 Å². The van der Waals surface area contributed by atoms with Crippen LogP contribution in [-0.4, -0.2) is 18.1 Å². The molecule has 5 nitrogen and oxygen atoms in total. The van der Waals surface area contributed by atoms with Crippen molar-refractivity contribution >= 4 is 12.0 Å². The Balaban J connectivity index is 1.80. The summed E-state index contributed by atoms with van der Waals surface area (Å²) < 4.78 is 10.9. The smallest absolute Gasteiger partial charge is 0.414 e. The zero-order valence-corrected chi connectivity index (χ0v) is 11.8. The Labute approximate surface area is 127 Å². The summed E-state index contributed by atoms with van der Waals surface area (Å²) in [6.45, 7) is 0.321. The maximum atomic E-state index is 11.9. The molecule has 2 aromatic rings. The van der Waals surface area contributed by atoms with E-state index in [0.29, 0.717) is 6.61 Å². The average molecular weight is 297 g/mol. The zero-order valence-electron chi connectivity index (χ0n) is 11.8. The molecule has 22 heavy (non-hydrogen) atoms.